The Morgan fingerprint density at radius 3 is 2.44 bits per heavy atom. The van der Waals surface area contributed by atoms with Gasteiger partial charge in [-0.25, -0.2) is 9.18 Å². The maximum Gasteiger partial charge on any atom is 0.341 e. The Kier molecular flexibility index (Phi) is 7.01. The Hall–Kier alpha value is -2.80. The number of methoxy groups -OCH3 is 2. The number of hydrogen-bond acceptors (Lipinski definition) is 5. The van der Waals surface area contributed by atoms with Gasteiger partial charge in [-0.15, -0.1) is 0 Å². The summed E-state index contributed by atoms with van der Waals surface area (Å²) in [7, 11) is 3.04. The maximum absolute atomic E-state index is 13.7. The number of ether oxygens (including phenoxy) is 3. The van der Waals surface area contributed by atoms with Crippen molar-refractivity contribution in [2.75, 3.05) is 14.2 Å². The highest BCUT2D eigenvalue weighted by Crippen LogP contribution is 2.27. The lowest BCUT2D eigenvalue weighted by Gasteiger charge is -2.14. The van der Waals surface area contributed by atoms with E-state index in [0.29, 0.717) is 11.5 Å². The zero-order chi connectivity index (χ0) is 20.0. The number of carbonyl (C=O) groups excluding carboxylic acids is 2. The monoisotopic (exact) mass is 395 g/mol. The number of nitrogens with one attached hydrogen (secondary N) is 1. The number of benzene rings is 2. The van der Waals surface area contributed by atoms with E-state index in [1.165, 1.54) is 33.3 Å². The average molecular weight is 396 g/mol. The van der Waals surface area contributed by atoms with E-state index in [1.54, 1.807) is 18.2 Å². The molecule has 0 aliphatic rings. The molecule has 0 fully saturated rings. The van der Waals surface area contributed by atoms with Crippen molar-refractivity contribution in [3.63, 3.8) is 0 Å². The summed E-state index contributed by atoms with van der Waals surface area (Å²) in [5.74, 6) is -1.18. The highest BCUT2D eigenvalue weighted by molar-refractivity contribution is 6.30. The predicted octanol–water partition coefficient (Wildman–Crippen LogP) is 3.36. The molecule has 2 aromatic rings. The number of carbonyl (C=O) groups is 2. The topological polar surface area (TPSA) is 73.9 Å². The standard InChI is InChI=1S/C19H19ClFNO5/c1-11(27-19(24)14-6-5-13(20)9-15(14)21)18(23)22-10-12-4-7-16(25-2)17(8-12)26-3/h4-9,11H,10H2,1-3H3,(H,22,23)/t11-/m0/s1. The number of rotatable bonds is 7. The van der Waals surface area contributed by atoms with Crippen LogP contribution in [-0.4, -0.2) is 32.2 Å². The van der Waals surface area contributed by atoms with Gasteiger partial charge < -0.3 is 19.5 Å². The van der Waals surface area contributed by atoms with Gasteiger partial charge >= 0.3 is 5.97 Å². The predicted molar refractivity (Wildman–Crippen MR) is 97.7 cm³/mol. The van der Waals surface area contributed by atoms with Crippen LogP contribution >= 0.6 is 11.6 Å². The summed E-state index contributed by atoms with van der Waals surface area (Å²) in [5, 5.41) is 2.80. The van der Waals surface area contributed by atoms with Crippen molar-refractivity contribution in [1.29, 1.82) is 0 Å². The SMILES string of the molecule is COc1ccc(CNC(=O)[C@H](C)OC(=O)c2ccc(Cl)cc2F)cc1OC. The molecule has 2 rings (SSSR count). The number of halogens is 2. The van der Waals surface area contributed by atoms with Gasteiger partial charge in [0.05, 0.1) is 19.8 Å². The molecule has 1 amide bonds. The number of amides is 1. The molecule has 0 unspecified atom stereocenters. The second-order valence-corrected chi connectivity index (χ2v) is 6.02. The molecule has 0 saturated carbocycles. The molecule has 8 heteroatoms. The third kappa shape index (κ3) is 5.34. The second-order valence-electron chi connectivity index (χ2n) is 5.58. The van der Waals surface area contributed by atoms with Gasteiger partial charge in [0, 0.05) is 11.6 Å². The van der Waals surface area contributed by atoms with Crippen molar-refractivity contribution in [2.24, 2.45) is 0 Å². The van der Waals surface area contributed by atoms with Gasteiger partial charge in [0.2, 0.25) is 0 Å². The van der Waals surface area contributed by atoms with Gasteiger partial charge in [-0.3, -0.25) is 4.79 Å². The summed E-state index contributed by atoms with van der Waals surface area (Å²) in [6.07, 6.45) is -1.10. The lowest BCUT2D eigenvalue weighted by atomic mass is 10.2. The summed E-state index contributed by atoms with van der Waals surface area (Å²) in [4.78, 5) is 24.1. The lowest BCUT2D eigenvalue weighted by Crippen LogP contribution is -2.35. The largest absolute Gasteiger partial charge is 0.493 e. The highest BCUT2D eigenvalue weighted by Gasteiger charge is 2.21. The van der Waals surface area contributed by atoms with Gasteiger partial charge in [-0.05, 0) is 42.8 Å². The van der Waals surface area contributed by atoms with Gasteiger partial charge in [0.15, 0.2) is 17.6 Å². The fourth-order valence-corrected chi connectivity index (χ4v) is 2.41. The number of esters is 1. The van der Waals surface area contributed by atoms with Crippen LogP contribution in [0, 0.1) is 5.82 Å². The fraction of sp³-hybridized carbons (Fsp3) is 0.263. The Morgan fingerprint density at radius 1 is 1.11 bits per heavy atom. The first-order chi connectivity index (χ1) is 12.8. The first-order valence-corrected chi connectivity index (χ1v) is 8.38. The second kappa shape index (κ2) is 9.23. The Labute approximate surface area is 161 Å². The molecule has 0 aliphatic carbocycles. The van der Waals surface area contributed by atoms with Crippen molar-refractivity contribution >= 4 is 23.5 Å². The maximum atomic E-state index is 13.7. The van der Waals surface area contributed by atoms with Crippen LogP contribution in [0.5, 0.6) is 11.5 Å². The van der Waals surface area contributed by atoms with E-state index in [9.17, 15) is 14.0 Å². The molecule has 2 aromatic carbocycles. The van der Waals surface area contributed by atoms with Crippen LogP contribution in [0.2, 0.25) is 5.02 Å². The van der Waals surface area contributed by atoms with Crippen LogP contribution in [0.4, 0.5) is 4.39 Å². The minimum atomic E-state index is -1.10. The molecular formula is C19H19ClFNO5. The van der Waals surface area contributed by atoms with E-state index in [4.69, 9.17) is 25.8 Å². The first kappa shape index (κ1) is 20.5. The first-order valence-electron chi connectivity index (χ1n) is 8.00. The van der Waals surface area contributed by atoms with Gasteiger partial charge in [-0.1, -0.05) is 17.7 Å². The Bertz CT molecular complexity index is 843. The van der Waals surface area contributed by atoms with E-state index in [1.807, 2.05) is 0 Å². The molecule has 0 aliphatic heterocycles. The van der Waals surface area contributed by atoms with E-state index in [2.05, 4.69) is 5.32 Å². The quantitative estimate of drug-likeness (QED) is 0.728. The van der Waals surface area contributed by atoms with E-state index in [0.717, 1.165) is 11.6 Å². The lowest BCUT2D eigenvalue weighted by molar-refractivity contribution is -0.129. The normalized spacial score (nSPS) is 11.4. The Morgan fingerprint density at radius 2 is 1.81 bits per heavy atom. The summed E-state index contributed by atoms with van der Waals surface area (Å²) in [6, 6.07) is 8.77. The third-order valence-electron chi connectivity index (χ3n) is 3.72. The van der Waals surface area contributed by atoms with Gasteiger partial charge in [0.1, 0.15) is 5.82 Å². The summed E-state index contributed by atoms with van der Waals surface area (Å²) >= 11 is 5.64. The Balaban J connectivity index is 1.94. The fourth-order valence-electron chi connectivity index (χ4n) is 2.26. The molecule has 144 valence electrons. The van der Waals surface area contributed by atoms with Gasteiger partial charge in [0.25, 0.3) is 5.91 Å². The van der Waals surface area contributed by atoms with E-state index < -0.39 is 23.8 Å². The third-order valence-corrected chi connectivity index (χ3v) is 3.95. The molecule has 0 spiro atoms. The summed E-state index contributed by atoms with van der Waals surface area (Å²) < 4.78 is 29.1. The van der Waals surface area contributed by atoms with Crippen molar-refractivity contribution in [3.8, 4) is 11.5 Å². The van der Waals surface area contributed by atoms with Gasteiger partial charge in [-0.2, -0.15) is 0 Å². The van der Waals surface area contributed by atoms with Crippen LogP contribution in [0.15, 0.2) is 36.4 Å². The molecule has 0 saturated heterocycles. The van der Waals surface area contributed by atoms with Crippen LogP contribution in [0.1, 0.15) is 22.8 Å². The number of hydrogen-bond donors (Lipinski definition) is 1. The van der Waals surface area contributed by atoms with Crippen LogP contribution < -0.4 is 14.8 Å². The minimum absolute atomic E-state index is 0.157. The van der Waals surface area contributed by atoms with Crippen LogP contribution in [0.25, 0.3) is 0 Å². The summed E-state index contributed by atoms with van der Waals surface area (Å²) in [6.45, 7) is 1.59. The van der Waals surface area contributed by atoms with Crippen molar-refractivity contribution in [2.45, 2.75) is 19.6 Å². The zero-order valence-corrected chi connectivity index (χ0v) is 15.8. The molecular weight excluding hydrogens is 377 g/mol. The van der Waals surface area contributed by atoms with Crippen molar-refractivity contribution in [1.82, 2.24) is 5.32 Å². The molecule has 6 nitrogen and oxygen atoms in total. The highest BCUT2D eigenvalue weighted by atomic mass is 35.5. The molecule has 0 radical (unpaired) electrons. The van der Waals surface area contributed by atoms with Crippen molar-refractivity contribution in [3.05, 3.63) is 58.4 Å². The molecule has 1 N–H and O–H groups in total. The van der Waals surface area contributed by atoms with Crippen LogP contribution in [-0.2, 0) is 16.1 Å². The molecule has 0 heterocycles. The molecule has 0 aromatic heterocycles. The molecule has 0 bridgehead atoms. The van der Waals surface area contributed by atoms with E-state index >= 15 is 0 Å². The van der Waals surface area contributed by atoms with Crippen LogP contribution in [0.3, 0.4) is 0 Å². The summed E-state index contributed by atoms with van der Waals surface area (Å²) in [5.41, 5.74) is 0.474. The van der Waals surface area contributed by atoms with E-state index in [-0.39, 0.29) is 17.1 Å². The molecule has 27 heavy (non-hydrogen) atoms. The smallest absolute Gasteiger partial charge is 0.341 e. The average Bonchev–Trinajstić information content (AvgIpc) is 2.65. The zero-order valence-electron chi connectivity index (χ0n) is 15.0. The van der Waals surface area contributed by atoms with Crippen molar-refractivity contribution < 1.29 is 28.2 Å². The molecule has 1 atom stereocenters. The minimum Gasteiger partial charge on any atom is -0.493 e.